The molecule has 0 unspecified atom stereocenters. The molecule has 2 atom stereocenters. The quantitative estimate of drug-likeness (QED) is 0.581. The maximum Gasteiger partial charge on any atom is 0.0388 e. The highest BCUT2D eigenvalue weighted by Crippen LogP contribution is 2.44. The average Bonchev–Trinajstić information content (AvgIpc) is 2.14. The molecule has 1 aromatic rings. The van der Waals surface area contributed by atoms with Gasteiger partial charge in [-0.1, -0.05) is 24.3 Å². The van der Waals surface area contributed by atoms with E-state index in [1.165, 1.54) is 19.4 Å². The lowest BCUT2D eigenvalue weighted by molar-refractivity contribution is 0.0268. The van der Waals surface area contributed by atoms with Gasteiger partial charge < -0.3 is 0 Å². The molecule has 1 heterocycles. The lowest BCUT2D eigenvalue weighted by atomic mass is 9.74. The Balaban J connectivity index is 2.05. The Bertz CT molecular complexity index is 332. The van der Waals surface area contributed by atoms with E-state index in [2.05, 4.69) is 36.2 Å². The summed E-state index contributed by atoms with van der Waals surface area (Å²) in [5, 5.41) is 0. The van der Waals surface area contributed by atoms with Crippen LogP contribution < -0.4 is 0 Å². The smallest absolute Gasteiger partial charge is 0.0388 e. The van der Waals surface area contributed by atoms with E-state index in [9.17, 15) is 0 Å². The Kier molecular flexibility index (Phi) is 1.50. The van der Waals surface area contributed by atoms with E-state index < -0.39 is 0 Å². The Morgan fingerprint density at radius 1 is 1.31 bits per heavy atom. The van der Waals surface area contributed by atoms with Crippen molar-refractivity contribution in [2.45, 2.75) is 18.9 Å². The normalized spacial score (nSPS) is 31.8. The number of aryl methyl sites for hydroxylation is 1. The first kappa shape index (κ1) is 7.57. The molecule has 1 nitrogen and oxygen atoms in total. The van der Waals surface area contributed by atoms with Gasteiger partial charge >= 0.3 is 0 Å². The second kappa shape index (κ2) is 2.58. The van der Waals surface area contributed by atoms with Crippen molar-refractivity contribution in [3.63, 3.8) is 0 Å². The summed E-state index contributed by atoms with van der Waals surface area (Å²) in [6, 6.07) is 9.68. The van der Waals surface area contributed by atoms with Crippen molar-refractivity contribution in [2.75, 3.05) is 13.6 Å². The van der Waals surface area contributed by atoms with Crippen LogP contribution in [0.25, 0.3) is 0 Å². The molecule has 0 amide bonds. The van der Waals surface area contributed by atoms with Crippen LogP contribution in [0, 0.1) is 5.92 Å². The largest absolute Gasteiger partial charge is 0.299 e. The van der Waals surface area contributed by atoms with E-state index in [4.69, 9.17) is 0 Å². The number of fused-ring (bicyclic) bond motifs is 3. The highest BCUT2D eigenvalue weighted by Gasteiger charge is 2.40. The van der Waals surface area contributed by atoms with Crippen LogP contribution in [-0.4, -0.2) is 18.5 Å². The molecule has 13 heavy (non-hydrogen) atoms. The van der Waals surface area contributed by atoms with Gasteiger partial charge in [0.1, 0.15) is 0 Å². The van der Waals surface area contributed by atoms with Crippen molar-refractivity contribution in [3.8, 4) is 0 Å². The van der Waals surface area contributed by atoms with E-state index in [1.807, 2.05) is 0 Å². The molecule has 0 spiro atoms. The average molecular weight is 173 g/mol. The van der Waals surface area contributed by atoms with Crippen molar-refractivity contribution in [1.82, 2.24) is 4.90 Å². The second-order valence-corrected chi connectivity index (χ2v) is 4.38. The van der Waals surface area contributed by atoms with Gasteiger partial charge in [0.15, 0.2) is 0 Å². The third-order valence-corrected chi connectivity index (χ3v) is 3.60. The Labute approximate surface area is 79.4 Å². The summed E-state index contributed by atoms with van der Waals surface area (Å²) < 4.78 is 0. The highest BCUT2D eigenvalue weighted by molar-refractivity contribution is 5.34. The molecular formula is C12H15N. The van der Waals surface area contributed by atoms with Gasteiger partial charge in [-0.25, -0.2) is 0 Å². The van der Waals surface area contributed by atoms with Gasteiger partial charge in [0.05, 0.1) is 0 Å². The maximum absolute atomic E-state index is 2.47. The van der Waals surface area contributed by atoms with Crippen LogP contribution in [0.15, 0.2) is 24.3 Å². The molecule has 3 rings (SSSR count). The Morgan fingerprint density at radius 2 is 2.15 bits per heavy atom. The van der Waals surface area contributed by atoms with Crippen LogP contribution >= 0.6 is 0 Å². The number of nitrogens with zero attached hydrogens (tertiary/aromatic N) is 1. The summed E-state index contributed by atoms with van der Waals surface area (Å²) in [6.45, 7) is 1.30. The standard InChI is InChI=1S/C12H15N/c1-13-8-10-7-6-9-4-2-3-5-11(9)12(10)13/h2-5,10,12H,6-8H2,1H3/t10-,12+/m0/s1. The molecule has 1 fully saturated rings. The Morgan fingerprint density at radius 3 is 3.00 bits per heavy atom. The zero-order chi connectivity index (χ0) is 8.84. The molecule has 0 aromatic heterocycles. The zero-order valence-corrected chi connectivity index (χ0v) is 8.03. The summed E-state index contributed by atoms with van der Waals surface area (Å²) in [5.74, 6) is 0.944. The fourth-order valence-electron chi connectivity index (χ4n) is 2.94. The van der Waals surface area contributed by atoms with Gasteiger partial charge in [-0.05, 0) is 36.9 Å². The lowest BCUT2D eigenvalue weighted by Gasteiger charge is -2.49. The molecule has 68 valence electrons. The third kappa shape index (κ3) is 0.969. The minimum Gasteiger partial charge on any atom is -0.299 e. The van der Waals surface area contributed by atoms with Gasteiger partial charge in [-0.3, -0.25) is 4.90 Å². The summed E-state index contributed by atoms with van der Waals surface area (Å²) >= 11 is 0. The molecule has 0 N–H and O–H groups in total. The highest BCUT2D eigenvalue weighted by atomic mass is 15.2. The SMILES string of the molecule is CN1C[C@@H]2CCc3ccccc3[C@@H]21. The van der Waals surface area contributed by atoms with E-state index in [0.29, 0.717) is 0 Å². The Hall–Kier alpha value is -0.820. The van der Waals surface area contributed by atoms with Crippen LogP contribution in [0.4, 0.5) is 0 Å². The predicted molar refractivity (Wildman–Crippen MR) is 53.6 cm³/mol. The summed E-state index contributed by atoms with van der Waals surface area (Å²) in [7, 11) is 2.24. The van der Waals surface area contributed by atoms with Gasteiger partial charge in [0, 0.05) is 12.6 Å². The zero-order valence-electron chi connectivity index (χ0n) is 8.03. The van der Waals surface area contributed by atoms with Crippen LogP contribution in [-0.2, 0) is 6.42 Å². The number of hydrogen-bond acceptors (Lipinski definition) is 1. The fraction of sp³-hybridized carbons (Fsp3) is 0.500. The lowest BCUT2D eigenvalue weighted by Crippen LogP contribution is -2.49. The van der Waals surface area contributed by atoms with Crippen molar-refractivity contribution < 1.29 is 0 Å². The first-order chi connectivity index (χ1) is 6.36. The van der Waals surface area contributed by atoms with E-state index in [1.54, 1.807) is 11.1 Å². The molecule has 0 radical (unpaired) electrons. The topological polar surface area (TPSA) is 3.24 Å². The number of rotatable bonds is 0. The minimum absolute atomic E-state index is 0.741. The van der Waals surface area contributed by atoms with Crippen molar-refractivity contribution in [1.29, 1.82) is 0 Å². The minimum atomic E-state index is 0.741. The monoisotopic (exact) mass is 173 g/mol. The molecule has 1 aliphatic carbocycles. The van der Waals surface area contributed by atoms with Gasteiger partial charge in [-0.15, -0.1) is 0 Å². The van der Waals surface area contributed by atoms with Crippen molar-refractivity contribution in [3.05, 3.63) is 35.4 Å². The van der Waals surface area contributed by atoms with E-state index >= 15 is 0 Å². The summed E-state index contributed by atoms with van der Waals surface area (Å²) in [4.78, 5) is 2.47. The van der Waals surface area contributed by atoms with Crippen LogP contribution in [0.1, 0.15) is 23.6 Å². The molecule has 2 aliphatic rings. The fourth-order valence-corrected chi connectivity index (χ4v) is 2.94. The molecule has 1 heteroatoms. The molecule has 1 aromatic carbocycles. The van der Waals surface area contributed by atoms with E-state index in [0.717, 1.165) is 12.0 Å². The molecule has 0 saturated carbocycles. The van der Waals surface area contributed by atoms with Crippen LogP contribution in [0.5, 0.6) is 0 Å². The van der Waals surface area contributed by atoms with Crippen LogP contribution in [0.3, 0.4) is 0 Å². The van der Waals surface area contributed by atoms with Crippen LogP contribution in [0.2, 0.25) is 0 Å². The maximum atomic E-state index is 2.47. The molecule has 0 bridgehead atoms. The van der Waals surface area contributed by atoms with Crippen molar-refractivity contribution >= 4 is 0 Å². The number of benzene rings is 1. The molecular weight excluding hydrogens is 158 g/mol. The second-order valence-electron chi connectivity index (χ2n) is 4.38. The first-order valence-electron chi connectivity index (χ1n) is 5.14. The molecule has 1 aliphatic heterocycles. The number of hydrogen-bond donors (Lipinski definition) is 0. The van der Waals surface area contributed by atoms with Gasteiger partial charge in [0.25, 0.3) is 0 Å². The third-order valence-electron chi connectivity index (χ3n) is 3.60. The van der Waals surface area contributed by atoms with Gasteiger partial charge in [-0.2, -0.15) is 0 Å². The molecule has 1 saturated heterocycles. The first-order valence-corrected chi connectivity index (χ1v) is 5.14. The summed E-state index contributed by atoms with van der Waals surface area (Å²) in [5.41, 5.74) is 3.17. The number of likely N-dealkylation sites (tertiary alicyclic amines) is 1. The van der Waals surface area contributed by atoms with Gasteiger partial charge in [0.2, 0.25) is 0 Å². The predicted octanol–water partition coefficient (Wildman–Crippen LogP) is 2.24. The summed E-state index contributed by atoms with van der Waals surface area (Å²) in [6.07, 6.45) is 2.69. The van der Waals surface area contributed by atoms with Crippen molar-refractivity contribution in [2.24, 2.45) is 5.92 Å². The van der Waals surface area contributed by atoms with E-state index in [-0.39, 0.29) is 0 Å².